The van der Waals surface area contributed by atoms with Crippen LogP contribution in [0.4, 0.5) is 0 Å². The van der Waals surface area contributed by atoms with Gasteiger partial charge in [-0.05, 0) is 12.1 Å². The first-order chi connectivity index (χ1) is 10.7. The molecule has 3 rings (SSSR count). The Bertz CT molecular complexity index is 521. The van der Waals surface area contributed by atoms with Crippen molar-refractivity contribution in [3.63, 3.8) is 0 Å². The van der Waals surface area contributed by atoms with E-state index in [1.54, 1.807) is 13.2 Å². The van der Waals surface area contributed by atoms with E-state index in [0.29, 0.717) is 5.75 Å². The molecule has 5 nitrogen and oxygen atoms in total. The number of hydrogen-bond donors (Lipinski definition) is 0. The van der Waals surface area contributed by atoms with Crippen LogP contribution in [-0.4, -0.2) is 54.9 Å². The average molecular weight is 323 g/mol. The molecule has 0 atom stereocenters. The van der Waals surface area contributed by atoms with E-state index in [0.717, 1.165) is 44.0 Å². The molecule has 2 heterocycles. The highest BCUT2D eigenvalue weighted by molar-refractivity contribution is 8.00. The summed E-state index contributed by atoms with van der Waals surface area (Å²) in [5, 5.41) is 0. The quantitative estimate of drug-likeness (QED) is 0.850. The molecule has 6 heteroatoms. The number of benzene rings is 1. The summed E-state index contributed by atoms with van der Waals surface area (Å²) in [5.41, 5.74) is 0. The van der Waals surface area contributed by atoms with Crippen LogP contribution >= 0.6 is 11.8 Å². The Hall–Kier alpha value is -1.40. The first-order valence-electron chi connectivity index (χ1n) is 7.53. The van der Waals surface area contributed by atoms with Crippen LogP contribution in [0.1, 0.15) is 12.8 Å². The number of hydrogen-bond acceptors (Lipinski definition) is 5. The number of carbonyl (C=O) groups excluding carboxylic acids is 1. The third-order valence-corrected chi connectivity index (χ3v) is 5.52. The topological polar surface area (TPSA) is 48.0 Å². The molecule has 1 spiro atoms. The fourth-order valence-corrected chi connectivity index (χ4v) is 3.99. The third kappa shape index (κ3) is 3.50. The van der Waals surface area contributed by atoms with E-state index in [1.165, 1.54) is 0 Å². The summed E-state index contributed by atoms with van der Waals surface area (Å²) < 4.78 is 16.6. The van der Waals surface area contributed by atoms with Crippen molar-refractivity contribution in [2.75, 3.05) is 39.2 Å². The molecule has 2 aliphatic rings. The molecule has 0 N–H and O–H groups in total. The van der Waals surface area contributed by atoms with Gasteiger partial charge in [0.05, 0.1) is 13.7 Å². The van der Waals surface area contributed by atoms with Gasteiger partial charge < -0.3 is 19.1 Å². The van der Waals surface area contributed by atoms with E-state index in [4.69, 9.17) is 14.2 Å². The van der Waals surface area contributed by atoms with Crippen LogP contribution in [0.2, 0.25) is 0 Å². The molecule has 1 aromatic carbocycles. The molecule has 0 radical (unpaired) electrons. The maximum absolute atomic E-state index is 12.3. The van der Waals surface area contributed by atoms with Gasteiger partial charge in [-0.1, -0.05) is 6.07 Å². The maximum Gasteiger partial charge on any atom is 0.260 e. The lowest BCUT2D eigenvalue weighted by Crippen LogP contribution is -2.46. The second kappa shape index (κ2) is 6.79. The average Bonchev–Trinajstić information content (AvgIpc) is 3.01. The van der Waals surface area contributed by atoms with Gasteiger partial charge in [-0.3, -0.25) is 4.79 Å². The number of likely N-dealkylation sites (tertiary alicyclic amines) is 1. The molecule has 1 amide bonds. The van der Waals surface area contributed by atoms with Crippen molar-refractivity contribution in [1.82, 2.24) is 4.90 Å². The van der Waals surface area contributed by atoms with E-state index >= 15 is 0 Å². The number of thioether (sulfide) groups is 1. The molecule has 1 aromatic rings. The lowest BCUT2D eigenvalue weighted by Gasteiger charge is -2.37. The van der Waals surface area contributed by atoms with Crippen molar-refractivity contribution in [1.29, 1.82) is 0 Å². The molecule has 120 valence electrons. The lowest BCUT2D eigenvalue weighted by molar-refractivity contribution is -0.136. The van der Waals surface area contributed by atoms with E-state index in [-0.39, 0.29) is 17.4 Å². The number of carbonyl (C=O) groups is 1. The second-order valence-corrected chi connectivity index (χ2v) is 6.90. The minimum Gasteiger partial charge on any atom is -0.497 e. The SMILES string of the molecule is COc1cccc(OCC(=O)N2CCC3(CC2)OCCS3)c1. The zero-order valence-electron chi connectivity index (χ0n) is 12.7. The van der Waals surface area contributed by atoms with Crippen LogP contribution < -0.4 is 9.47 Å². The van der Waals surface area contributed by atoms with E-state index in [1.807, 2.05) is 34.9 Å². The highest BCUT2D eigenvalue weighted by Crippen LogP contribution is 2.41. The Kier molecular flexibility index (Phi) is 4.78. The molecule has 22 heavy (non-hydrogen) atoms. The second-order valence-electron chi connectivity index (χ2n) is 5.46. The van der Waals surface area contributed by atoms with Gasteiger partial charge >= 0.3 is 0 Å². The van der Waals surface area contributed by atoms with Gasteiger partial charge in [0.1, 0.15) is 16.4 Å². The fraction of sp³-hybridized carbons (Fsp3) is 0.562. The van der Waals surface area contributed by atoms with Crippen LogP contribution in [0.25, 0.3) is 0 Å². The summed E-state index contributed by atoms with van der Waals surface area (Å²) in [6.07, 6.45) is 1.81. The molecule has 2 aliphatic heterocycles. The van der Waals surface area contributed by atoms with Gasteiger partial charge in [-0.25, -0.2) is 0 Å². The predicted molar refractivity (Wildman–Crippen MR) is 85.4 cm³/mol. The minimum atomic E-state index is -0.0373. The van der Waals surface area contributed by atoms with Crippen molar-refractivity contribution in [3.8, 4) is 11.5 Å². The number of nitrogens with zero attached hydrogens (tertiary/aromatic N) is 1. The Balaban J connectivity index is 1.48. The molecule has 0 aliphatic carbocycles. The molecular weight excluding hydrogens is 302 g/mol. The molecule has 0 unspecified atom stereocenters. The zero-order chi connectivity index (χ0) is 15.4. The minimum absolute atomic E-state index is 0.0284. The fourth-order valence-electron chi connectivity index (χ4n) is 2.81. The summed E-state index contributed by atoms with van der Waals surface area (Å²) in [4.78, 5) is 14.1. The van der Waals surface area contributed by atoms with E-state index in [9.17, 15) is 4.79 Å². The highest BCUT2D eigenvalue weighted by atomic mass is 32.2. The normalized spacial score (nSPS) is 20.1. The van der Waals surface area contributed by atoms with Crippen LogP contribution in [0.15, 0.2) is 24.3 Å². The summed E-state index contributed by atoms with van der Waals surface area (Å²) in [6.45, 7) is 2.38. The zero-order valence-corrected chi connectivity index (χ0v) is 13.6. The number of ether oxygens (including phenoxy) is 3. The Morgan fingerprint density at radius 1 is 1.36 bits per heavy atom. The molecular formula is C16H21NO4S. The molecule has 0 aromatic heterocycles. The number of rotatable bonds is 4. The highest BCUT2D eigenvalue weighted by Gasteiger charge is 2.40. The van der Waals surface area contributed by atoms with Crippen molar-refractivity contribution in [2.45, 2.75) is 17.8 Å². The van der Waals surface area contributed by atoms with Crippen molar-refractivity contribution >= 4 is 17.7 Å². The molecule has 2 fully saturated rings. The first-order valence-corrected chi connectivity index (χ1v) is 8.52. The van der Waals surface area contributed by atoms with Gasteiger partial charge in [0, 0.05) is 37.8 Å². The maximum atomic E-state index is 12.3. The summed E-state index contributed by atoms with van der Waals surface area (Å²) in [5.74, 6) is 2.46. The summed E-state index contributed by atoms with van der Waals surface area (Å²) in [6, 6.07) is 7.29. The van der Waals surface area contributed by atoms with Gasteiger partial charge in [0.15, 0.2) is 6.61 Å². The van der Waals surface area contributed by atoms with Crippen molar-refractivity contribution in [2.24, 2.45) is 0 Å². The molecule has 0 saturated carbocycles. The Morgan fingerprint density at radius 3 is 2.82 bits per heavy atom. The van der Waals surface area contributed by atoms with Crippen LogP contribution in [0.3, 0.4) is 0 Å². The van der Waals surface area contributed by atoms with E-state index < -0.39 is 0 Å². The monoisotopic (exact) mass is 323 g/mol. The Labute approximate surface area is 134 Å². The number of amides is 1. The third-order valence-electron chi connectivity index (χ3n) is 4.10. The smallest absolute Gasteiger partial charge is 0.260 e. The standard InChI is InChI=1S/C16H21NO4S/c1-19-13-3-2-4-14(11-13)20-12-15(18)17-7-5-16(6-8-17)21-9-10-22-16/h2-4,11H,5-10,12H2,1H3. The summed E-state index contributed by atoms with van der Waals surface area (Å²) in [7, 11) is 1.61. The van der Waals surface area contributed by atoms with Crippen LogP contribution in [0.5, 0.6) is 11.5 Å². The van der Waals surface area contributed by atoms with Gasteiger partial charge in [-0.2, -0.15) is 0 Å². The largest absolute Gasteiger partial charge is 0.497 e. The molecule has 2 saturated heterocycles. The first kappa shape index (κ1) is 15.5. The van der Waals surface area contributed by atoms with Gasteiger partial charge in [0.25, 0.3) is 5.91 Å². The lowest BCUT2D eigenvalue weighted by atomic mass is 10.1. The van der Waals surface area contributed by atoms with Gasteiger partial charge in [0.2, 0.25) is 0 Å². The van der Waals surface area contributed by atoms with Crippen molar-refractivity contribution in [3.05, 3.63) is 24.3 Å². The number of methoxy groups -OCH3 is 1. The van der Waals surface area contributed by atoms with Crippen molar-refractivity contribution < 1.29 is 19.0 Å². The van der Waals surface area contributed by atoms with Crippen LogP contribution in [0, 0.1) is 0 Å². The predicted octanol–water partition coefficient (Wildman–Crippen LogP) is 2.16. The Morgan fingerprint density at radius 2 is 2.14 bits per heavy atom. The van der Waals surface area contributed by atoms with Crippen LogP contribution in [-0.2, 0) is 9.53 Å². The van der Waals surface area contributed by atoms with Gasteiger partial charge in [-0.15, -0.1) is 11.8 Å². The van der Waals surface area contributed by atoms with E-state index in [2.05, 4.69) is 0 Å². The number of piperidine rings is 1. The summed E-state index contributed by atoms with van der Waals surface area (Å²) >= 11 is 1.89. The molecule has 0 bridgehead atoms.